The first-order valence-corrected chi connectivity index (χ1v) is 7.46. The van der Waals surface area contributed by atoms with Crippen molar-refractivity contribution in [3.8, 4) is 11.4 Å². The van der Waals surface area contributed by atoms with E-state index in [1.807, 2.05) is 61.5 Å². The van der Waals surface area contributed by atoms with Crippen LogP contribution in [0.3, 0.4) is 0 Å². The third-order valence-corrected chi connectivity index (χ3v) is 3.53. The molecular formula is C18H18N2O2. The molecule has 0 N–H and O–H groups in total. The summed E-state index contributed by atoms with van der Waals surface area (Å²) in [5, 5.41) is 0. The van der Waals surface area contributed by atoms with Crippen LogP contribution in [0.15, 0.2) is 54.6 Å². The molecule has 4 heteroatoms. The lowest BCUT2D eigenvalue weighted by molar-refractivity contribution is -0.143. The Morgan fingerprint density at radius 1 is 1.09 bits per heavy atom. The molecule has 3 aromatic rings. The molecule has 112 valence electrons. The molecule has 0 aliphatic rings. The lowest BCUT2D eigenvalue weighted by Gasteiger charge is -2.09. The first-order chi connectivity index (χ1) is 10.8. The molecule has 4 nitrogen and oxygen atoms in total. The van der Waals surface area contributed by atoms with E-state index in [-0.39, 0.29) is 5.97 Å². The van der Waals surface area contributed by atoms with Crippen LogP contribution in [0, 0.1) is 0 Å². The van der Waals surface area contributed by atoms with Crippen molar-refractivity contribution in [2.24, 2.45) is 0 Å². The third-order valence-electron chi connectivity index (χ3n) is 3.53. The summed E-state index contributed by atoms with van der Waals surface area (Å²) in [6.45, 7) is 2.79. The van der Waals surface area contributed by atoms with Gasteiger partial charge in [0.2, 0.25) is 0 Å². The van der Waals surface area contributed by atoms with Crippen molar-refractivity contribution in [2.45, 2.75) is 19.9 Å². The fourth-order valence-electron chi connectivity index (χ4n) is 2.55. The normalized spacial score (nSPS) is 10.8. The number of rotatable bonds is 5. The molecule has 1 heterocycles. The van der Waals surface area contributed by atoms with Crippen molar-refractivity contribution < 1.29 is 9.53 Å². The van der Waals surface area contributed by atoms with Gasteiger partial charge in [-0.25, -0.2) is 4.98 Å². The maximum atomic E-state index is 11.7. The average molecular weight is 294 g/mol. The van der Waals surface area contributed by atoms with E-state index in [0.717, 1.165) is 22.4 Å². The highest BCUT2D eigenvalue weighted by atomic mass is 16.5. The number of para-hydroxylation sites is 2. The maximum absolute atomic E-state index is 11.7. The number of imidazole rings is 1. The number of carbonyl (C=O) groups is 1. The summed E-state index contributed by atoms with van der Waals surface area (Å²) in [4.78, 5) is 16.4. The van der Waals surface area contributed by atoms with Gasteiger partial charge in [0.25, 0.3) is 0 Å². The lowest BCUT2D eigenvalue weighted by Crippen LogP contribution is -2.09. The molecule has 0 fully saturated rings. The van der Waals surface area contributed by atoms with Gasteiger partial charge in [-0.1, -0.05) is 42.5 Å². The first kappa shape index (κ1) is 14.3. The van der Waals surface area contributed by atoms with E-state index in [4.69, 9.17) is 9.72 Å². The number of hydrogen-bond donors (Lipinski definition) is 0. The van der Waals surface area contributed by atoms with E-state index in [9.17, 15) is 4.79 Å². The highest BCUT2D eigenvalue weighted by Crippen LogP contribution is 2.24. The molecule has 0 saturated heterocycles. The van der Waals surface area contributed by atoms with E-state index in [2.05, 4.69) is 4.57 Å². The number of benzene rings is 2. The zero-order chi connectivity index (χ0) is 15.4. The molecular weight excluding hydrogens is 276 g/mol. The predicted molar refractivity (Wildman–Crippen MR) is 86.4 cm³/mol. The second-order valence-corrected chi connectivity index (χ2v) is 5.00. The zero-order valence-electron chi connectivity index (χ0n) is 12.5. The molecule has 0 spiro atoms. The molecule has 22 heavy (non-hydrogen) atoms. The molecule has 0 amide bonds. The molecule has 0 radical (unpaired) electrons. The quantitative estimate of drug-likeness (QED) is 0.675. The number of ether oxygens (including phenoxy) is 1. The minimum atomic E-state index is -0.181. The van der Waals surface area contributed by atoms with Crippen LogP contribution in [-0.4, -0.2) is 22.1 Å². The Hall–Kier alpha value is -2.62. The Morgan fingerprint density at radius 2 is 1.82 bits per heavy atom. The molecule has 0 atom stereocenters. The van der Waals surface area contributed by atoms with Gasteiger partial charge in [0, 0.05) is 12.1 Å². The van der Waals surface area contributed by atoms with Crippen LogP contribution in [-0.2, 0) is 16.1 Å². The van der Waals surface area contributed by atoms with Crippen LogP contribution in [0.5, 0.6) is 0 Å². The van der Waals surface area contributed by atoms with Gasteiger partial charge >= 0.3 is 5.97 Å². The van der Waals surface area contributed by atoms with E-state index in [1.165, 1.54) is 0 Å². The SMILES string of the molecule is CCOC(=O)CCn1c(-c2ccccc2)nc2ccccc21. The van der Waals surface area contributed by atoms with Gasteiger partial charge in [0.1, 0.15) is 5.82 Å². The third kappa shape index (κ3) is 2.86. The molecule has 0 aliphatic carbocycles. The highest BCUT2D eigenvalue weighted by molar-refractivity contribution is 5.81. The Bertz CT molecular complexity index is 778. The Balaban J connectivity index is 2.00. The van der Waals surface area contributed by atoms with Crippen LogP contribution in [0.1, 0.15) is 13.3 Å². The summed E-state index contributed by atoms with van der Waals surface area (Å²) in [5.74, 6) is 0.699. The van der Waals surface area contributed by atoms with E-state index in [0.29, 0.717) is 19.6 Å². The smallest absolute Gasteiger partial charge is 0.307 e. The maximum Gasteiger partial charge on any atom is 0.307 e. The molecule has 2 aromatic carbocycles. The Morgan fingerprint density at radius 3 is 2.59 bits per heavy atom. The summed E-state index contributed by atoms with van der Waals surface area (Å²) in [6, 6.07) is 18.0. The van der Waals surface area contributed by atoms with Crippen LogP contribution in [0.25, 0.3) is 22.4 Å². The zero-order valence-corrected chi connectivity index (χ0v) is 12.5. The van der Waals surface area contributed by atoms with E-state index in [1.54, 1.807) is 0 Å². The van der Waals surface area contributed by atoms with Crippen molar-refractivity contribution in [1.29, 1.82) is 0 Å². The number of esters is 1. The van der Waals surface area contributed by atoms with E-state index < -0.39 is 0 Å². The molecule has 1 aromatic heterocycles. The van der Waals surface area contributed by atoms with Gasteiger partial charge < -0.3 is 9.30 Å². The van der Waals surface area contributed by atoms with Crippen LogP contribution in [0.4, 0.5) is 0 Å². The van der Waals surface area contributed by atoms with Gasteiger partial charge in [-0.15, -0.1) is 0 Å². The molecule has 0 saturated carbocycles. The summed E-state index contributed by atoms with van der Waals surface area (Å²) < 4.78 is 7.11. The Kier molecular flexibility index (Phi) is 4.19. The number of fused-ring (bicyclic) bond motifs is 1. The van der Waals surface area contributed by atoms with Crippen molar-refractivity contribution in [3.05, 3.63) is 54.6 Å². The van der Waals surface area contributed by atoms with Gasteiger partial charge in [-0.05, 0) is 19.1 Å². The fraction of sp³-hybridized carbons (Fsp3) is 0.222. The van der Waals surface area contributed by atoms with Crippen LogP contribution < -0.4 is 0 Å². The second kappa shape index (κ2) is 6.43. The largest absolute Gasteiger partial charge is 0.466 e. The molecule has 0 bridgehead atoms. The minimum Gasteiger partial charge on any atom is -0.466 e. The summed E-state index contributed by atoms with van der Waals surface area (Å²) in [6.07, 6.45) is 0.341. The van der Waals surface area contributed by atoms with Crippen molar-refractivity contribution in [2.75, 3.05) is 6.61 Å². The van der Waals surface area contributed by atoms with Crippen LogP contribution in [0.2, 0.25) is 0 Å². The predicted octanol–water partition coefficient (Wildman–Crippen LogP) is 3.66. The van der Waals surface area contributed by atoms with Crippen LogP contribution >= 0.6 is 0 Å². The van der Waals surface area contributed by atoms with E-state index >= 15 is 0 Å². The highest BCUT2D eigenvalue weighted by Gasteiger charge is 2.13. The number of nitrogens with zero attached hydrogens (tertiary/aromatic N) is 2. The van der Waals surface area contributed by atoms with Gasteiger partial charge in [0.15, 0.2) is 0 Å². The van der Waals surface area contributed by atoms with Crippen molar-refractivity contribution in [3.63, 3.8) is 0 Å². The lowest BCUT2D eigenvalue weighted by atomic mass is 10.2. The van der Waals surface area contributed by atoms with Gasteiger partial charge in [-0.2, -0.15) is 0 Å². The number of carbonyl (C=O) groups excluding carboxylic acids is 1. The fourth-order valence-corrected chi connectivity index (χ4v) is 2.55. The number of hydrogen-bond acceptors (Lipinski definition) is 3. The number of aryl methyl sites for hydroxylation is 1. The standard InChI is InChI=1S/C18H18N2O2/c1-2-22-17(21)12-13-20-16-11-7-6-10-15(16)19-18(20)14-8-4-3-5-9-14/h3-11H,2,12-13H2,1H3. The average Bonchev–Trinajstić information content (AvgIpc) is 2.93. The number of aromatic nitrogens is 2. The van der Waals surface area contributed by atoms with Crippen molar-refractivity contribution >= 4 is 17.0 Å². The summed E-state index contributed by atoms with van der Waals surface area (Å²) >= 11 is 0. The molecule has 0 unspecified atom stereocenters. The van der Waals surface area contributed by atoms with Crippen molar-refractivity contribution in [1.82, 2.24) is 9.55 Å². The topological polar surface area (TPSA) is 44.1 Å². The van der Waals surface area contributed by atoms with Gasteiger partial charge in [0.05, 0.1) is 24.1 Å². The molecule has 0 aliphatic heterocycles. The van der Waals surface area contributed by atoms with Gasteiger partial charge in [-0.3, -0.25) is 4.79 Å². The minimum absolute atomic E-state index is 0.181. The second-order valence-electron chi connectivity index (χ2n) is 5.00. The monoisotopic (exact) mass is 294 g/mol. The summed E-state index contributed by atoms with van der Waals surface area (Å²) in [5.41, 5.74) is 3.01. The Labute approximate surface area is 129 Å². The summed E-state index contributed by atoms with van der Waals surface area (Å²) in [7, 11) is 0. The first-order valence-electron chi connectivity index (χ1n) is 7.46. The molecule has 3 rings (SSSR count).